The zero-order chi connectivity index (χ0) is 22.2. The van der Waals surface area contributed by atoms with Gasteiger partial charge in [-0.25, -0.2) is 4.99 Å². The largest absolute Gasteiger partial charge is 0.455 e. The lowest BCUT2D eigenvalue weighted by Gasteiger charge is -2.33. The van der Waals surface area contributed by atoms with E-state index in [9.17, 15) is 15.4 Å². The molecule has 0 spiro atoms. The predicted octanol–water partition coefficient (Wildman–Crippen LogP) is 6.69. The Balaban J connectivity index is 1.61. The molecule has 0 aliphatic heterocycles. The van der Waals surface area contributed by atoms with Crippen molar-refractivity contribution in [2.45, 2.75) is 40.0 Å². The molecule has 0 amide bonds. The van der Waals surface area contributed by atoms with Crippen LogP contribution in [0.4, 0.5) is 10.7 Å². The van der Waals surface area contributed by atoms with E-state index in [0.29, 0.717) is 33.6 Å². The van der Waals surface area contributed by atoms with Crippen LogP contribution in [0.5, 0.6) is 0 Å². The number of nitrogens with zero attached hydrogens (tertiary/aromatic N) is 3. The van der Waals surface area contributed by atoms with Crippen LogP contribution < -0.4 is 0 Å². The van der Waals surface area contributed by atoms with E-state index in [-0.39, 0.29) is 11.1 Å². The summed E-state index contributed by atoms with van der Waals surface area (Å²) < 4.78 is 5.79. The SMILES string of the molecule is CC(C)(C)C1CCc2c(sc(/N=C\c3ccc(-c4ccccc4[N+](=O)[O-])o3)c2C#N)C1. The molecule has 1 aliphatic carbocycles. The average Bonchev–Trinajstić information content (AvgIpc) is 3.35. The van der Waals surface area contributed by atoms with Crippen molar-refractivity contribution in [1.82, 2.24) is 0 Å². The Hall–Kier alpha value is -3.24. The lowest BCUT2D eigenvalue weighted by Crippen LogP contribution is -2.26. The highest BCUT2D eigenvalue weighted by molar-refractivity contribution is 7.16. The smallest absolute Gasteiger partial charge is 0.280 e. The molecule has 6 nitrogen and oxygen atoms in total. The highest BCUT2D eigenvalue weighted by atomic mass is 32.1. The zero-order valence-electron chi connectivity index (χ0n) is 17.7. The average molecular weight is 434 g/mol. The third kappa shape index (κ3) is 4.17. The van der Waals surface area contributed by atoms with Crippen molar-refractivity contribution >= 4 is 28.2 Å². The highest BCUT2D eigenvalue weighted by Gasteiger charge is 2.32. The third-order valence-electron chi connectivity index (χ3n) is 5.89. The number of nitro groups is 1. The summed E-state index contributed by atoms with van der Waals surface area (Å²) in [6.07, 6.45) is 4.56. The summed E-state index contributed by atoms with van der Waals surface area (Å²) >= 11 is 1.58. The molecule has 0 saturated heterocycles. The second kappa shape index (κ2) is 8.12. The summed E-state index contributed by atoms with van der Waals surface area (Å²) in [6.45, 7) is 6.81. The van der Waals surface area contributed by atoms with Crippen molar-refractivity contribution < 1.29 is 9.34 Å². The lowest BCUT2D eigenvalue weighted by molar-refractivity contribution is -0.384. The van der Waals surface area contributed by atoms with E-state index in [1.54, 1.807) is 47.9 Å². The maximum absolute atomic E-state index is 11.3. The Morgan fingerprint density at radius 3 is 2.77 bits per heavy atom. The Kier molecular flexibility index (Phi) is 5.50. The van der Waals surface area contributed by atoms with Gasteiger partial charge in [-0.1, -0.05) is 32.9 Å². The molecule has 1 aromatic carbocycles. The van der Waals surface area contributed by atoms with E-state index in [4.69, 9.17) is 4.42 Å². The van der Waals surface area contributed by atoms with Gasteiger partial charge in [-0.15, -0.1) is 11.3 Å². The maximum Gasteiger partial charge on any atom is 0.280 e. The number of nitriles is 1. The fourth-order valence-electron chi connectivity index (χ4n) is 4.05. The van der Waals surface area contributed by atoms with Gasteiger partial charge in [-0.3, -0.25) is 10.1 Å². The first-order valence-electron chi connectivity index (χ1n) is 10.2. The zero-order valence-corrected chi connectivity index (χ0v) is 18.5. The fourth-order valence-corrected chi connectivity index (χ4v) is 5.27. The standard InChI is InChI=1S/C24H23N3O3S/c1-24(2,3)15-8-10-17-19(13-25)23(31-22(17)12-15)26-14-16-9-11-21(30-16)18-6-4-5-7-20(18)27(28)29/h4-7,9,11,14-15H,8,10,12H2,1-3H3/b26-14-. The molecule has 4 rings (SSSR count). The van der Waals surface area contributed by atoms with Crippen LogP contribution in [-0.4, -0.2) is 11.1 Å². The second-order valence-corrected chi connectivity index (χ2v) is 9.92. The van der Waals surface area contributed by atoms with Gasteiger partial charge in [-0.05, 0) is 54.4 Å². The molecular weight excluding hydrogens is 410 g/mol. The molecular formula is C24H23N3O3S. The molecule has 2 aromatic heterocycles. The minimum absolute atomic E-state index is 0.00793. The van der Waals surface area contributed by atoms with Gasteiger partial charge in [0.1, 0.15) is 22.6 Å². The molecule has 0 N–H and O–H groups in total. The van der Waals surface area contributed by atoms with Crippen molar-refractivity contribution in [1.29, 1.82) is 5.26 Å². The molecule has 1 atom stereocenters. The number of nitro benzene ring substituents is 1. The highest BCUT2D eigenvalue weighted by Crippen LogP contribution is 2.45. The Bertz CT molecular complexity index is 1210. The topological polar surface area (TPSA) is 92.4 Å². The molecule has 2 heterocycles. The number of rotatable bonds is 4. The van der Waals surface area contributed by atoms with Gasteiger partial charge in [0.2, 0.25) is 0 Å². The van der Waals surface area contributed by atoms with Crippen LogP contribution in [0, 0.1) is 32.8 Å². The predicted molar refractivity (Wildman–Crippen MR) is 122 cm³/mol. The first kappa shape index (κ1) is 21.0. The van der Waals surface area contributed by atoms with Gasteiger partial charge in [-0.2, -0.15) is 5.26 Å². The number of hydrogen-bond acceptors (Lipinski definition) is 6. The van der Waals surface area contributed by atoms with Crippen LogP contribution in [0.15, 0.2) is 45.8 Å². The van der Waals surface area contributed by atoms with Crippen molar-refractivity contribution in [3.05, 3.63) is 68.3 Å². The van der Waals surface area contributed by atoms with Crippen LogP contribution in [0.2, 0.25) is 0 Å². The Morgan fingerprint density at radius 2 is 2.06 bits per heavy atom. The number of fused-ring (bicyclic) bond motifs is 1. The van der Waals surface area contributed by atoms with Gasteiger partial charge >= 0.3 is 0 Å². The number of hydrogen-bond donors (Lipinski definition) is 0. The number of para-hydroxylation sites is 1. The summed E-state index contributed by atoms with van der Waals surface area (Å²) in [5, 5.41) is 21.7. The molecule has 31 heavy (non-hydrogen) atoms. The van der Waals surface area contributed by atoms with E-state index >= 15 is 0 Å². The molecule has 0 saturated carbocycles. The van der Waals surface area contributed by atoms with Crippen LogP contribution in [0.1, 0.15) is 49.0 Å². The Labute approximate surface area is 185 Å². The van der Waals surface area contributed by atoms with Gasteiger partial charge in [0.15, 0.2) is 0 Å². The molecule has 0 radical (unpaired) electrons. The third-order valence-corrected chi connectivity index (χ3v) is 7.05. The Morgan fingerprint density at radius 1 is 1.29 bits per heavy atom. The number of thiophene rings is 1. The van der Waals surface area contributed by atoms with Crippen LogP contribution in [0.3, 0.4) is 0 Å². The minimum atomic E-state index is -0.425. The molecule has 0 bridgehead atoms. The summed E-state index contributed by atoms with van der Waals surface area (Å²) in [5.74, 6) is 1.49. The van der Waals surface area contributed by atoms with E-state index in [2.05, 4.69) is 31.8 Å². The van der Waals surface area contributed by atoms with E-state index < -0.39 is 4.92 Å². The van der Waals surface area contributed by atoms with Gasteiger partial charge in [0, 0.05) is 10.9 Å². The van der Waals surface area contributed by atoms with Crippen LogP contribution in [0.25, 0.3) is 11.3 Å². The van der Waals surface area contributed by atoms with Crippen molar-refractivity contribution in [2.75, 3.05) is 0 Å². The summed E-state index contributed by atoms with van der Waals surface area (Å²) in [7, 11) is 0. The summed E-state index contributed by atoms with van der Waals surface area (Å²) in [5.41, 5.74) is 2.45. The summed E-state index contributed by atoms with van der Waals surface area (Å²) in [6, 6.07) is 12.2. The van der Waals surface area contributed by atoms with Gasteiger partial charge < -0.3 is 4.42 Å². The quantitative estimate of drug-likeness (QED) is 0.260. The fraction of sp³-hybridized carbons (Fsp3) is 0.333. The normalized spacial score (nSPS) is 16.3. The molecule has 1 aliphatic rings. The van der Waals surface area contributed by atoms with Crippen molar-refractivity contribution in [3.63, 3.8) is 0 Å². The first-order valence-corrected chi connectivity index (χ1v) is 11.0. The van der Waals surface area contributed by atoms with Gasteiger partial charge in [0.05, 0.1) is 22.3 Å². The van der Waals surface area contributed by atoms with Gasteiger partial charge in [0.25, 0.3) is 5.69 Å². The van der Waals surface area contributed by atoms with E-state index in [1.807, 2.05) is 0 Å². The number of aliphatic imine (C=N–C) groups is 1. The molecule has 7 heteroatoms. The van der Waals surface area contributed by atoms with Crippen LogP contribution >= 0.6 is 11.3 Å². The summed E-state index contributed by atoms with van der Waals surface area (Å²) in [4.78, 5) is 16.7. The lowest BCUT2D eigenvalue weighted by atomic mass is 9.72. The molecule has 158 valence electrons. The second-order valence-electron chi connectivity index (χ2n) is 8.84. The first-order chi connectivity index (χ1) is 14.8. The van der Waals surface area contributed by atoms with Crippen molar-refractivity contribution in [3.8, 4) is 17.4 Å². The van der Waals surface area contributed by atoms with Crippen molar-refractivity contribution in [2.24, 2.45) is 16.3 Å². The maximum atomic E-state index is 11.3. The van der Waals surface area contributed by atoms with Crippen LogP contribution in [-0.2, 0) is 12.8 Å². The molecule has 1 unspecified atom stereocenters. The number of benzene rings is 1. The molecule has 3 aromatic rings. The number of furan rings is 1. The monoisotopic (exact) mass is 433 g/mol. The molecule has 0 fully saturated rings. The van der Waals surface area contributed by atoms with E-state index in [0.717, 1.165) is 24.8 Å². The van der Waals surface area contributed by atoms with E-state index in [1.165, 1.54) is 10.9 Å². The minimum Gasteiger partial charge on any atom is -0.455 e.